The maximum Gasteiger partial charge on any atom is 0.239 e. The van der Waals surface area contributed by atoms with E-state index in [2.05, 4.69) is 0 Å². The van der Waals surface area contributed by atoms with Crippen molar-refractivity contribution in [2.75, 3.05) is 17.5 Å². The molecule has 0 spiro atoms. The molecule has 0 amide bonds. The van der Waals surface area contributed by atoms with E-state index in [-0.39, 0.29) is 11.9 Å². The van der Waals surface area contributed by atoms with Crippen molar-refractivity contribution >= 4 is 26.5 Å². The van der Waals surface area contributed by atoms with E-state index >= 15 is 0 Å². The van der Waals surface area contributed by atoms with Crippen LogP contribution >= 0.6 is 0 Å². The molecule has 0 aliphatic carbocycles. The van der Waals surface area contributed by atoms with Crippen LogP contribution in [0.4, 0.5) is 5.69 Å². The number of sulfonamides is 1. The predicted molar refractivity (Wildman–Crippen MR) is 100 cm³/mol. The van der Waals surface area contributed by atoms with Crippen molar-refractivity contribution in [2.24, 2.45) is 0 Å². The average molecular weight is 353 g/mol. The molecule has 1 heterocycles. The number of hydrogen-bond acceptors (Lipinski definition) is 3. The van der Waals surface area contributed by atoms with Crippen LogP contribution < -0.4 is 4.31 Å². The molecule has 4 nitrogen and oxygen atoms in total. The van der Waals surface area contributed by atoms with Gasteiger partial charge in [-0.25, -0.2) is 8.42 Å². The number of epoxide rings is 1. The molecule has 1 saturated heterocycles. The van der Waals surface area contributed by atoms with Crippen LogP contribution in [0.1, 0.15) is 5.56 Å². The lowest BCUT2D eigenvalue weighted by molar-refractivity contribution is 0.412. The van der Waals surface area contributed by atoms with E-state index in [1.807, 2.05) is 72.8 Å². The van der Waals surface area contributed by atoms with Gasteiger partial charge in [-0.2, -0.15) is 0 Å². The minimum absolute atomic E-state index is 0.0236. The van der Waals surface area contributed by atoms with Crippen LogP contribution in [0, 0.1) is 0 Å². The molecule has 0 bridgehead atoms. The molecule has 25 heavy (non-hydrogen) atoms. The zero-order valence-electron chi connectivity index (χ0n) is 13.7. The Kier molecular flexibility index (Phi) is 4.19. The number of hydrogen-bond donors (Lipinski definition) is 0. The molecule has 1 aliphatic rings. The van der Waals surface area contributed by atoms with E-state index < -0.39 is 10.0 Å². The summed E-state index contributed by atoms with van der Waals surface area (Å²) in [5.41, 5.74) is 1.49. The first-order chi connectivity index (χ1) is 12.1. The largest absolute Gasteiger partial charge is 0.371 e. The molecule has 128 valence electrons. The van der Waals surface area contributed by atoms with Gasteiger partial charge in [0.25, 0.3) is 0 Å². The molecule has 0 saturated carbocycles. The molecule has 0 N–H and O–H groups in total. The maximum absolute atomic E-state index is 13.2. The summed E-state index contributed by atoms with van der Waals surface area (Å²) in [4.78, 5) is 0. The number of nitrogens with zero attached hydrogens (tertiary/aromatic N) is 1. The van der Waals surface area contributed by atoms with Gasteiger partial charge in [0.2, 0.25) is 10.0 Å². The second-order valence-corrected chi connectivity index (χ2v) is 8.12. The molecule has 3 aromatic rings. The highest BCUT2D eigenvalue weighted by molar-refractivity contribution is 7.92. The highest BCUT2D eigenvalue weighted by Gasteiger charge is 2.32. The monoisotopic (exact) mass is 353 g/mol. The number of rotatable bonds is 6. The summed E-state index contributed by atoms with van der Waals surface area (Å²) < 4.78 is 33.2. The van der Waals surface area contributed by atoms with Gasteiger partial charge in [0.05, 0.1) is 30.7 Å². The molecular formula is C20H19NO3S. The quantitative estimate of drug-likeness (QED) is 0.637. The fourth-order valence-electron chi connectivity index (χ4n) is 3.01. The summed E-state index contributed by atoms with van der Waals surface area (Å²) in [5, 5.41) is 1.96. The van der Waals surface area contributed by atoms with Gasteiger partial charge in [0.1, 0.15) is 0 Å². The lowest BCUT2D eigenvalue weighted by atomic mass is 10.1. The van der Waals surface area contributed by atoms with Crippen LogP contribution in [-0.2, 0) is 20.5 Å². The zero-order chi connectivity index (χ0) is 17.3. The molecule has 1 fully saturated rings. The summed E-state index contributed by atoms with van der Waals surface area (Å²) in [5.74, 6) is -0.0240. The highest BCUT2D eigenvalue weighted by Crippen LogP contribution is 2.31. The maximum atomic E-state index is 13.2. The third-order valence-electron chi connectivity index (χ3n) is 4.33. The van der Waals surface area contributed by atoms with Gasteiger partial charge >= 0.3 is 0 Å². The molecular weight excluding hydrogens is 334 g/mol. The number of anilines is 1. The van der Waals surface area contributed by atoms with Crippen LogP contribution in [0.5, 0.6) is 0 Å². The van der Waals surface area contributed by atoms with Crippen molar-refractivity contribution < 1.29 is 13.2 Å². The van der Waals surface area contributed by atoms with Crippen molar-refractivity contribution in [3.8, 4) is 0 Å². The molecule has 1 atom stereocenters. The molecule has 1 unspecified atom stereocenters. The Morgan fingerprint density at radius 3 is 2.36 bits per heavy atom. The van der Waals surface area contributed by atoms with E-state index in [0.717, 1.165) is 16.3 Å². The zero-order valence-corrected chi connectivity index (χ0v) is 14.5. The SMILES string of the molecule is O=S(=O)(Cc1ccccc1)N(CC1CO1)c1cccc2ccccc12. The van der Waals surface area contributed by atoms with E-state index in [1.165, 1.54) is 4.31 Å². The van der Waals surface area contributed by atoms with E-state index in [4.69, 9.17) is 4.74 Å². The van der Waals surface area contributed by atoms with Gasteiger partial charge < -0.3 is 4.74 Å². The van der Waals surface area contributed by atoms with Crippen molar-refractivity contribution in [1.82, 2.24) is 0 Å². The topological polar surface area (TPSA) is 49.9 Å². The minimum Gasteiger partial charge on any atom is -0.371 e. The van der Waals surface area contributed by atoms with E-state index in [9.17, 15) is 8.42 Å². The van der Waals surface area contributed by atoms with Crippen LogP contribution in [0.25, 0.3) is 10.8 Å². The number of fused-ring (bicyclic) bond motifs is 1. The fourth-order valence-corrected chi connectivity index (χ4v) is 4.63. The first kappa shape index (κ1) is 16.1. The Hall–Kier alpha value is -2.37. The van der Waals surface area contributed by atoms with Gasteiger partial charge in [0.15, 0.2) is 0 Å². The first-order valence-electron chi connectivity index (χ1n) is 8.27. The van der Waals surface area contributed by atoms with Gasteiger partial charge in [-0.15, -0.1) is 0 Å². The lowest BCUT2D eigenvalue weighted by Crippen LogP contribution is -2.35. The fraction of sp³-hybridized carbons (Fsp3) is 0.200. The van der Waals surface area contributed by atoms with E-state index in [0.29, 0.717) is 18.8 Å². The Labute approximate surface area is 147 Å². The van der Waals surface area contributed by atoms with Crippen molar-refractivity contribution in [3.63, 3.8) is 0 Å². The Balaban J connectivity index is 1.77. The Morgan fingerprint density at radius 2 is 1.60 bits per heavy atom. The van der Waals surface area contributed by atoms with Gasteiger partial charge in [-0.1, -0.05) is 66.7 Å². The van der Waals surface area contributed by atoms with Gasteiger partial charge in [-0.05, 0) is 17.0 Å². The van der Waals surface area contributed by atoms with Crippen molar-refractivity contribution in [2.45, 2.75) is 11.9 Å². The third kappa shape index (κ3) is 3.52. The van der Waals surface area contributed by atoms with E-state index in [1.54, 1.807) is 0 Å². The molecule has 0 aromatic heterocycles. The second-order valence-electron chi connectivity index (χ2n) is 6.23. The Morgan fingerprint density at radius 1 is 0.920 bits per heavy atom. The standard InChI is InChI=1S/C20H19NO3S/c22-25(23,15-16-7-2-1-3-8-16)21(13-18-14-24-18)20-12-6-10-17-9-4-5-11-19(17)20/h1-12,18H,13-15H2. The molecule has 4 rings (SSSR count). The smallest absolute Gasteiger partial charge is 0.239 e. The second kappa shape index (κ2) is 6.50. The summed E-state index contributed by atoms with van der Waals surface area (Å²) in [6.45, 7) is 0.964. The Bertz CT molecular complexity index is 977. The van der Waals surface area contributed by atoms with Crippen LogP contribution in [-0.4, -0.2) is 27.7 Å². The summed E-state index contributed by atoms with van der Waals surface area (Å²) in [7, 11) is -3.52. The van der Waals surface area contributed by atoms with Crippen LogP contribution in [0.2, 0.25) is 0 Å². The minimum atomic E-state index is -3.52. The average Bonchev–Trinajstić information content (AvgIpc) is 3.44. The lowest BCUT2D eigenvalue weighted by Gasteiger charge is -2.25. The molecule has 0 radical (unpaired) electrons. The first-order valence-corrected chi connectivity index (χ1v) is 9.88. The van der Waals surface area contributed by atoms with Gasteiger partial charge in [0, 0.05) is 5.39 Å². The summed E-state index contributed by atoms with van der Waals surface area (Å²) in [6, 6.07) is 22.9. The third-order valence-corrected chi connectivity index (χ3v) is 6.05. The van der Waals surface area contributed by atoms with Crippen LogP contribution in [0.3, 0.4) is 0 Å². The molecule has 1 aliphatic heterocycles. The normalized spacial score (nSPS) is 16.7. The summed E-state index contributed by atoms with van der Waals surface area (Å²) >= 11 is 0. The van der Waals surface area contributed by atoms with Gasteiger partial charge in [-0.3, -0.25) is 4.31 Å². The predicted octanol–water partition coefficient (Wildman–Crippen LogP) is 3.58. The van der Waals surface area contributed by atoms with Crippen LogP contribution in [0.15, 0.2) is 72.8 Å². The number of benzene rings is 3. The highest BCUT2D eigenvalue weighted by atomic mass is 32.2. The summed E-state index contributed by atoms with van der Waals surface area (Å²) in [6.07, 6.45) is -0.0236. The van der Waals surface area contributed by atoms with Crippen molar-refractivity contribution in [1.29, 1.82) is 0 Å². The molecule has 5 heteroatoms. The van der Waals surface area contributed by atoms with Crippen molar-refractivity contribution in [3.05, 3.63) is 78.4 Å². The molecule has 3 aromatic carbocycles. The number of ether oxygens (including phenoxy) is 1.